The summed E-state index contributed by atoms with van der Waals surface area (Å²) in [7, 11) is 0. The summed E-state index contributed by atoms with van der Waals surface area (Å²) in [6.45, 7) is 11.1. The monoisotopic (exact) mass is 376 g/mol. The van der Waals surface area contributed by atoms with Crippen LogP contribution in [0.25, 0.3) is 0 Å². The summed E-state index contributed by atoms with van der Waals surface area (Å²) < 4.78 is 11.4. The summed E-state index contributed by atoms with van der Waals surface area (Å²) in [5.41, 5.74) is 1.56. The van der Waals surface area contributed by atoms with Gasteiger partial charge in [0, 0.05) is 12.5 Å². The van der Waals surface area contributed by atoms with Gasteiger partial charge in [-0.05, 0) is 70.8 Å². The molecule has 1 aliphatic carbocycles. The highest BCUT2D eigenvalue weighted by molar-refractivity contribution is 5.89. The van der Waals surface area contributed by atoms with Gasteiger partial charge in [0.05, 0.1) is 6.10 Å². The topological polar surface area (TPSA) is 72.8 Å². The summed E-state index contributed by atoms with van der Waals surface area (Å²) in [5, 5.41) is 10.6. The van der Waals surface area contributed by atoms with Crippen LogP contribution in [-0.4, -0.2) is 34.9 Å². The summed E-state index contributed by atoms with van der Waals surface area (Å²) in [6.07, 6.45) is 6.72. The van der Waals surface area contributed by atoms with E-state index in [0.717, 1.165) is 18.4 Å². The zero-order valence-corrected chi connectivity index (χ0v) is 16.9. The van der Waals surface area contributed by atoms with E-state index in [4.69, 9.17) is 9.47 Å². The molecule has 1 heterocycles. The minimum atomic E-state index is -0.902. The molecule has 0 aromatic carbocycles. The fraction of sp³-hybridized carbons (Fsp3) is 0.636. The van der Waals surface area contributed by atoms with E-state index in [1.807, 2.05) is 26.8 Å². The Balaban J connectivity index is 2.40. The predicted molar refractivity (Wildman–Crippen MR) is 104 cm³/mol. The van der Waals surface area contributed by atoms with Crippen molar-refractivity contribution in [2.75, 3.05) is 0 Å². The van der Waals surface area contributed by atoms with Crippen LogP contribution in [-0.2, 0) is 19.1 Å². The molecule has 0 aromatic heterocycles. The van der Waals surface area contributed by atoms with E-state index in [1.165, 1.54) is 12.5 Å². The van der Waals surface area contributed by atoms with Gasteiger partial charge in [0.1, 0.15) is 11.7 Å². The highest BCUT2D eigenvalue weighted by atomic mass is 16.6. The fourth-order valence-corrected chi connectivity index (χ4v) is 3.80. The fourth-order valence-electron chi connectivity index (χ4n) is 3.80. The number of carbonyl (C=O) groups excluding carboxylic acids is 2. The van der Waals surface area contributed by atoms with Crippen LogP contribution in [0.5, 0.6) is 0 Å². The Labute approximate surface area is 162 Å². The van der Waals surface area contributed by atoms with E-state index in [2.05, 4.69) is 12.7 Å². The van der Waals surface area contributed by atoms with Gasteiger partial charge in [-0.15, -0.1) is 0 Å². The highest BCUT2D eigenvalue weighted by Gasteiger charge is 2.44. The number of ether oxygens (including phenoxy) is 2. The van der Waals surface area contributed by atoms with Crippen LogP contribution in [0.2, 0.25) is 0 Å². The number of esters is 2. The van der Waals surface area contributed by atoms with Gasteiger partial charge in [0.25, 0.3) is 0 Å². The molecule has 0 radical (unpaired) electrons. The van der Waals surface area contributed by atoms with Crippen molar-refractivity contribution in [3.63, 3.8) is 0 Å². The molecule has 5 nitrogen and oxygen atoms in total. The first-order chi connectivity index (χ1) is 12.6. The van der Waals surface area contributed by atoms with Crippen molar-refractivity contribution in [3.05, 3.63) is 35.5 Å². The van der Waals surface area contributed by atoms with Crippen molar-refractivity contribution in [1.82, 2.24) is 0 Å². The molecule has 1 aliphatic heterocycles. The third-order valence-electron chi connectivity index (χ3n) is 5.80. The Bertz CT molecular complexity index is 660. The second kappa shape index (κ2) is 8.87. The van der Waals surface area contributed by atoms with E-state index in [0.29, 0.717) is 31.3 Å². The third kappa shape index (κ3) is 5.55. The minimum Gasteiger partial charge on any atom is -0.458 e. The molecule has 0 spiro atoms. The van der Waals surface area contributed by atoms with Crippen molar-refractivity contribution in [2.24, 2.45) is 5.92 Å². The largest absolute Gasteiger partial charge is 0.458 e. The summed E-state index contributed by atoms with van der Waals surface area (Å²) >= 11 is 0. The average molecular weight is 376 g/mol. The number of hydrogen-bond acceptors (Lipinski definition) is 5. The molecule has 2 rings (SSSR count). The Hall–Kier alpha value is -1.88. The molecule has 0 unspecified atom stereocenters. The summed E-state index contributed by atoms with van der Waals surface area (Å²) in [6, 6.07) is 0. The number of carbonyl (C=O) groups is 2. The van der Waals surface area contributed by atoms with Crippen molar-refractivity contribution in [2.45, 2.75) is 84.0 Å². The van der Waals surface area contributed by atoms with Gasteiger partial charge < -0.3 is 14.6 Å². The quantitative estimate of drug-likeness (QED) is 0.425. The second-order valence-electron chi connectivity index (χ2n) is 8.09. The lowest BCUT2D eigenvalue weighted by Crippen LogP contribution is -2.45. The molecule has 4 atom stereocenters. The molecule has 2 aliphatic rings. The Kier molecular flexibility index (Phi) is 7.04. The van der Waals surface area contributed by atoms with Crippen molar-refractivity contribution in [1.29, 1.82) is 0 Å². The molecular weight excluding hydrogens is 344 g/mol. The molecule has 27 heavy (non-hydrogen) atoms. The molecule has 150 valence electrons. The lowest BCUT2D eigenvalue weighted by Gasteiger charge is -2.35. The standard InChI is InChI=1S/C22H32O5/c1-14-7-6-8-15(2)19(24)13-18-11-12-22(5,27-21(25)16(18)3)20(10-9-14)26-17(4)23/h7-8,18-20,24H,3,6,9-13H2,1-2,4-5H3/b14-7+,15-8+/t18-,19+,20+,22-/m0/s1. The normalized spacial score (nSPS) is 37.1. The molecule has 1 fully saturated rings. The molecule has 1 saturated heterocycles. The first-order valence-corrected chi connectivity index (χ1v) is 9.72. The van der Waals surface area contributed by atoms with Gasteiger partial charge in [0.15, 0.2) is 0 Å². The molecule has 1 N–H and O–H groups in total. The number of rotatable bonds is 1. The molecule has 0 saturated carbocycles. The van der Waals surface area contributed by atoms with E-state index in [9.17, 15) is 14.7 Å². The number of aliphatic hydroxyl groups excluding tert-OH is 1. The van der Waals surface area contributed by atoms with Gasteiger partial charge in [-0.3, -0.25) is 4.79 Å². The average Bonchev–Trinajstić information content (AvgIpc) is 2.69. The number of aliphatic hydroxyl groups is 1. The summed E-state index contributed by atoms with van der Waals surface area (Å²) in [4.78, 5) is 24.3. The first kappa shape index (κ1) is 21.4. The smallest absolute Gasteiger partial charge is 0.334 e. The second-order valence-corrected chi connectivity index (χ2v) is 8.09. The number of allylic oxidation sites excluding steroid dienone is 3. The van der Waals surface area contributed by atoms with Crippen molar-refractivity contribution < 1.29 is 24.2 Å². The predicted octanol–water partition coefficient (Wildman–Crippen LogP) is 4.01. The van der Waals surface area contributed by atoms with Crippen LogP contribution in [0.1, 0.15) is 66.2 Å². The van der Waals surface area contributed by atoms with Gasteiger partial charge >= 0.3 is 11.9 Å². The molecule has 0 aromatic rings. The van der Waals surface area contributed by atoms with Crippen molar-refractivity contribution in [3.8, 4) is 0 Å². The Morgan fingerprint density at radius 3 is 2.70 bits per heavy atom. The van der Waals surface area contributed by atoms with E-state index in [-0.39, 0.29) is 11.9 Å². The van der Waals surface area contributed by atoms with E-state index in [1.54, 1.807) is 0 Å². The van der Waals surface area contributed by atoms with Crippen LogP contribution in [0.15, 0.2) is 35.5 Å². The number of fused-ring (bicyclic) bond motifs is 3. The van der Waals surface area contributed by atoms with Crippen LogP contribution < -0.4 is 0 Å². The van der Waals surface area contributed by atoms with Crippen molar-refractivity contribution >= 4 is 11.9 Å². The van der Waals surface area contributed by atoms with Gasteiger partial charge in [-0.1, -0.05) is 24.3 Å². The first-order valence-electron chi connectivity index (χ1n) is 9.72. The molecular formula is C22H32O5. The van der Waals surface area contributed by atoms with Crippen LogP contribution in [0.3, 0.4) is 0 Å². The maximum Gasteiger partial charge on any atom is 0.334 e. The zero-order valence-electron chi connectivity index (χ0n) is 16.9. The van der Waals surface area contributed by atoms with Crippen LogP contribution in [0.4, 0.5) is 0 Å². The minimum absolute atomic E-state index is 0.157. The number of hydrogen-bond donors (Lipinski definition) is 1. The zero-order chi connectivity index (χ0) is 20.2. The lowest BCUT2D eigenvalue weighted by atomic mass is 9.83. The Morgan fingerprint density at radius 1 is 1.33 bits per heavy atom. The molecule has 0 amide bonds. The van der Waals surface area contributed by atoms with Crippen LogP contribution >= 0.6 is 0 Å². The molecule has 5 heteroatoms. The van der Waals surface area contributed by atoms with Crippen LogP contribution in [0, 0.1) is 5.92 Å². The van der Waals surface area contributed by atoms with E-state index < -0.39 is 23.8 Å². The van der Waals surface area contributed by atoms with Gasteiger partial charge in [0.2, 0.25) is 0 Å². The molecule has 2 bridgehead atoms. The third-order valence-corrected chi connectivity index (χ3v) is 5.80. The van der Waals surface area contributed by atoms with E-state index >= 15 is 0 Å². The lowest BCUT2D eigenvalue weighted by molar-refractivity contribution is -0.180. The maximum atomic E-state index is 12.6. The van der Waals surface area contributed by atoms with Gasteiger partial charge in [-0.25, -0.2) is 4.79 Å². The highest BCUT2D eigenvalue weighted by Crippen LogP contribution is 2.38. The van der Waals surface area contributed by atoms with Gasteiger partial charge in [-0.2, -0.15) is 0 Å². The summed E-state index contributed by atoms with van der Waals surface area (Å²) in [5.74, 6) is -1.00. The maximum absolute atomic E-state index is 12.6. The Morgan fingerprint density at radius 2 is 2.04 bits per heavy atom. The SMILES string of the molecule is C=C1C(=O)O[C@@]2(C)CC[C@H]1C[C@@H](O)/C(C)=C/C/C=C(\C)CC[C@H]2OC(C)=O.